The molecule has 1 unspecified atom stereocenters. The smallest absolute Gasteiger partial charge is 0.306 e. The zero-order chi connectivity index (χ0) is 40.8. The first kappa shape index (κ1) is 52.6. The monoisotopic (exact) mass is 779 g/mol. The van der Waals surface area contributed by atoms with Gasteiger partial charge >= 0.3 is 17.9 Å². The molecular formula is C50H82O6. The van der Waals surface area contributed by atoms with Crippen LogP contribution in [0.1, 0.15) is 194 Å². The second kappa shape index (κ2) is 44.3. The van der Waals surface area contributed by atoms with Gasteiger partial charge in [0, 0.05) is 19.3 Å². The van der Waals surface area contributed by atoms with Gasteiger partial charge in [0.25, 0.3) is 0 Å². The van der Waals surface area contributed by atoms with Crippen molar-refractivity contribution in [3.8, 4) is 0 Å². The number of carbonyl (C=O) groups excluding carboxylic acids is 3. The maximum atomic E-state index is 12.7. The van der Waals surface area contributed by atoms with Gasteiger partial charge in [-0.05, 0) is 57.8 Å². The molecule has 0 aromatic carbocycles. The molecule has 0 saturated carbocycles. The first-order chi connectivity index (χ1) is 27.5. The summed E-state index contributed by atoms with van der Waals surface area (Å²) in [6.45, 7) is 6.35. The summed E-state index contributed by atoms with van der Waals surface area (Å²) in [6.07, 6.45) is 55.6. The van der Waals surface area contributed by atoms with Crippen LogP contribution >= 0.6 is 0 Å². The highest BCUT2D eigenvalue weighted by Crippen LogP contribution is 2.14. The predicted octanol–water partition coefficient (Wildman–Crippen LogP) is 14.5. The van der Waals surface area contributed by atoms with Crippen molar-refractivity contribution < 1.29 is 28.6 Å². The molecule has 6 heteroatoms. The summed E-state index contributed by atoms with van der Waals surface area (Å²) < 4.78 is 16.6. The van der Waals surface area contributed by atoms with Crippen LogP contribution in [-0.2, 0) is 28.6 Å². The number of hydrogen-bond acceptors (Lipinski definition) is 6. The zero-order valence-corrected chi connectivity index (χ0v) is 36.1. The van der Waals surface area contributed by atoms with E-state index in [4.69, 9.17) is 14.2 Å². The van der Waals surface area contributed by atoms with E-state index >= 15 is 0 Å². The first-order valence-electron chi connectivity index (χ1n) is 22.7. The van der Waals surface area contributed by atoms with E-state index in [0.29, 0.717) is 19.3 Å². The Morgan fingerprint density at radius 1 is 0.375 bits per heavy atom. The predicted molar refractivity (Wildman–Crippen MR) is 237 cm³/mol. The molecular weight excluding hydrogens is 697 g/mol. The molecule has 0 radical (unpaired) electrons. The Kier molecular flexibility index (Phi) is 41.6. The molecule has 0 aromatic rings. The van der Waals surface area contributed by atoms with E-state index in [1.807, 2.05) is 48.6 Å². The Morgan fingerprint density at radius 3 is 1.16 bits per heavy atom. The van der Waals surface area contributed by atoms with Gasteiger partial charge in [0.05, 0.1) is 0 Å². The number of hydrogen-bond donors (Lipinski definition) is 0. The SMILES string of the molecule is CC\C=C/C=C\C=C/C=C\C=C/CCCCCC(=O)OCC(COC(=O)CCCCC/C=C\C=C/CCCC)OC(=O)CCCCCCCCCCCCCC. The van der Waals surface area contributed by atoms with E-state index in [0.717, 1.165) is 83.5 Å². The van der Waals surface area contributed by atoms with Crippen molar-refractivity contribution in [1.82, 2.24) is 0 Å². The van der Waals surface area contributed by atoms with Crippen LogP contribution < -0.4 is 0 Å². The second-order valence-electron chi connectivity index (χ2n) is 14.7. The van der Waals surface area contributed by atoms with Crippen LogP contribution in [0.4, 0.5) is 0 Å². The lowest BCUT2D eigenvalue weighted by atomic mass is 10.0. The molecule has 0 heterocycles. The second-order valence-corrected chi connectivity index (χ2v) is 14.7. The van der Waals surface area contributed by atoms with Crippen molar-refractivity contribution in [3.05, 3.63) is 85.1 Å². The van der Waals surface area contributed by atoms with Gasteiger partial charge < -0.3 is 14.2 Å². The van der Waals surface area contributed by atoms with Gasteiger partial charge in [0.15, 0.2) is 6.10 Å². The number of esters is 3. The lowest BCUT2D eigenvalue weighted by Gasteiger charge is -2.18. The molecule has 0 fully saturated rings. The third kappa shape index (κ3) is 41.7. The summed E-state index contributed by atoms with van der Waals surface area (Å²) in [5.41, 5.74) is 0. The molecule has 0 bridgehead atoms. The highest BCUT2D eigenvalue weighted by molar-refractivity contribution is 5.71. The average molecular weight is 779 g/mol. The van der Waals surface area contributed by atoms with Gasteiger partial charge in [0.1, 0.15) is 13.2 Å². The Morgan fingerprint density at radius 2 is 0.714 bits per heavy atom. The van der Waals surface area contributed by atoms with Crippen molar-refractivity contribution in [3.63, 3.8) is 0 Å². The molecule has 0 aliphatic carbocycles. The lowest BCUT2D eigenvalue weighted by molar-refractivity contribution is -0.167. The first-order valence-corrected chi connectivity index (χ1v) is 22.7. The molecule has 1 atom stereocenters. The fourth-order valence-corrected chi connectivity index (χ4v) is 5.85. The molecule has 0 N–H and O–H groups in total. The van der Waals surface area contributed by atoms with E-state index < -0.39 is 6.10 Å². The van der Waals surface area contributed by atoms with E-state index in [1.165, 1.54) is 70.6 Å². The average Bonchev–Trinajstić information content (AvgIpc) is 3.19. The Balaban J connectivity index is 4.51. The fourth-order valence-electron chi connectivity index (χ4n) is 5.85. The molecule has 0 aliphatic rings. The van der Waals surface area contributed by atoms with Crippen LogP contribution in [0.2, 0.25) is 0 Å². The standard InChI is InChI=1S/C50H82O6/c1-4-7-10-13-16-19-22-24-25-26-29-31-34-37-40-43-49(52)55-46-47(45-54-48(51)42-39-36-33-30-27-21-18-15-12-9-6-3)56-50(53)44-41-38-35-32-28-23-20-17-14-11-8-5-2/h7,10,13,15-16,18-19,21-22,24-27,29,47H,4-6,8-9,11-12,14,17,20,23,28,30-46H2,1-3H3/b10-7-,16-13-,18-15-,22-19-,25-24-,27-21-,29-26-. The van der Waals surface area contributed by atoms with Crippen LogP contribution in [0.25, 0.3) is 0 Å². The highest BCUT2D eigenvalue weighted by Gasteiger charge is 2.19. The molecule has 0 saturated heterocycles. The van der Waals surface area contributed by atoms with E-state index in [-0.39, 0.29) is 31.1 Å². The van der Waals surface area contributed by atoms with Gasteiger partial charge in [-0.3, -0.25) is 14.4 Å². The molecule has 0 amide bonds. The van der Waals surface area contributed by atoms with Crippen molar-refractivity contribution in [2.24, 2.45) is 0 Å². The summed E-state index contributed by atoms with van der Waals surface area (Å²) in [5.74, 6) is -0.979. The Hall–Kier alpha value is -3.41. The van der Waals surface area contributed by atoms with Crippen LogP contribution in [0.5, 0.6) is 0 Å². The van der Waals surface area contributed by atoms with Crippen molar-refractivity contribution in [1.29, 1.82) is 0 Å². The maximum absolute atomic E-state index is 12.7. The van der Waals surface area contributed by atoms with E-state index in [1.54, 1.807) is 0 Å². The van der Waals surface area contributed by atoms with Crippen LogP contribution in [0, 0.1) is 0 Å². The van der Waals surface area contributed by atoms with Gasteiger partial charge in [0.2, 0.25) is 0 Å². The summed E-state index contributed by atoms with van der Waals surface area (Å²) in [5, 5.41) is 0. The molecule has 0 rings (SSSR count). The van der Waals surface area contributed by atoms with Crippen molar-refractivity contribution in [2.45, 2.75) is 200 Å². The highest BCUT2D eigenvalue weighted by atomic mass is 16.6. The summed E-state index contributed by atoms with van der Waals surface area (Å²) in [7, 11) is 0. The van der Waals surface area contributed by atoms with Crippen LogP contribution in [0.15, 0.2) is 85.1 Å². The van der Waals surface area contributed by atoms with Crippen LogP contribution in [-0.4, -0.2) is 37.2 Å². The van der Waals surface area contributed by atoms with Gasteiger partial charge in [-0.1, -0.05) is 202 Å². The zero-order valence-electron chi connectivity index (χ0n) is 36.1. The number of allylic oxidation sites excluding steroid dienone is 14. The Bertz CT molecular complexity index is 1120. The number of rotatable bonds is 39. The molecule has 0 aliphatic heterocycles. The van der Waals surface area contributed by atoms with Crippen molar-refractivity contribution >= 4 is 17.9 Å². The molecule has 56 heavy (non-hydrogen) atoms. The van der Waals surface area contributed by atoms with Crippen molar-refractivity contribution in [2.75, 3.05) is 13.2 Å². The Labute approximate surface area is 344 Å². The number of carbonyl (C=O) groups is 3. The minimum Gasteiger partial charge on any atom is -0.462 e. The van der Waals surface area contributed by atoms with E-state index in [9.17, 15) is 14.4 Å². The topological polar surface area (TPSA) is 78.9 Å². The fraction of sp³-hybridized carbons (Fsp3) is 0.660. The van der Waals surface area contributed by atoms with Gasteiger partial charge in [-0.15, -0.1) is 0 Å². The quantitative estimate of drug-likeness (QED) is 0.0268. The third-order valence-corrected chi connectivity index (χ3v) is 9.29. The molecule has 6 nitrogen and oxygen atoms in total. The molecule has 0 aromatic heterocycles. The number of ether oxygens (including phenoxy) is 3. The summed E-state index contributed by atoms with van der Waals surface area (Å²) >= 11 is 0. The lowest BCUT2D eigenvalue weighted by Crippen LogP contribution is -2.30. The maximum Gasteiger partial charge on any atom is 0.306 e. The van der Waals surface area contributed by atoms with Crippen LogP contribution in [0.3, 0.4) is 0 Å². The minimum absolute atomic E-state index is 0.104. The van der Waals surface area contributed by atoms with E-state index in [2.05, 4.69) is 57.2 Å². The summed E-state index contributed by atoms with van der Waals surface area (Å²) in [4.78, 5) is 37.7. The normalized spacial score (nSPS) is 12.8. The number of unbranched alkanes of at least 4 members (excludes halogenated alkanes) is 19. The summed E-state index contributed by atoms with van der Waals surface area (Å²) in [6, 6.07) is 0. The third-order valence-electron chi connectivity index (χ3n) is 9.29. The van der Waals surface area contributed by atoms with Gasteiger partial charge in [-0.2, -0.15) is 0 Å². The minimum atomic E-state index is -0.801. The largest absolute Gasteiger partial charge is 0.462 e. The molecule has 318 valence electrons. The van der Waals surface area contributed by atoms with Gasteiger partial charge in [-0.25, -0.2) is 0 Å². The molecule has 0 spiro atoms.